The van der Waals surface area contributed by atoms with Gasteiger partial charge in [-0.1, -0.05) is 26.0 Å². The lowest BCUT2D eigenvalue weighted by molar-refractivity contribution is -0.141. The third-order valence-electron chi connectivity index (χ3n) is 6.84. The molecule has 1 saturated heterocycles. The van der Waals surface area contributed by atoms with Gasteiger partial charge in [0, 0.05) is 49.8 Å². The second-order valence-corrected chi connectivity index (χ2v) is 12.0. The van der Waals surface area contributed by atoms with Crippen molar-refractivity contribution in [1.29, 1.82) is 0 Å². The minimum atomic E-state index is -4.75. The zero-order valence-corrected chi connectivity index (χ0v) is 22.8. The minimum Gasteiger partial charge on any atom is -0.478 e. The van der Waals surface area contributed by atoms with Crippen LogP contribution in [0.25, 0.3) is 0 Å². The standard InChI is InChI=1S/C27H28F4N4O4S/c1-16(2)22-15-34(20-8-9-21(28)23(13-20)40(3,38)39)10-11-35(22)26-32-14-19(24(33-26)27(29,30)31)12-17-4-6-18(7-5-17)25(36)37/h4-9,13-14,16,22H,10-12,15H2,1-3H3,(H,36,37). The molecule has 1 N–H and O–H groups in total. The zero-order valence-electron chi connectivity index (χ0n) is 22.0. The van der Waals surface area contributed by atoms with Gasteiger partial charge < -0.3 is 14.9 Å². The van der Waals surface area contributed by atoms with Crippen LogP contribution >= 0.6 is 0 Å². The maximum absolute atomic E-state index is 14.1. The fraction of sp³-hybridized carbons (Fsp3) is 0.370. The first kappa shape index (κ1) is 29.2. The molecule has 1 aliphatic heterocycles. The molecule has 1 aliphatic rings. The normalized spacial score (nSPS) is 16.4. The molecule has 1 fully saturated rings. The third kappa shape index (κ3) is 6.35. The maximum atomic E-state index is 14.1. The van der Waals surface area contributed by atoms with Gasteiger partial charge in [0.05, 0.1) is 11.6 Å². The van der Waals surface area contributed by atoms with Crippen LogP contribution in [0.2, 0.25) is 0 Å². The first-order valence-electron chi connectivity index (χ1n) is 12.4. The quantitative estimate of drug-likeness (QED) is 0.402. The van der Waals surface area contributed by atoms with Gasteiger partial charge in [-0.15, -0.1) is 0 Å². The molecular weight excluding hydrogens is 552 g/mol. The molecule has 8 nitrogen and oxygen atoms in total. The second kappa shape index (κ2) is 11.0. The highest BCUT2D eigenvalue weighted by molar-refractivity contribution is 7.90. The number of hydrogen-bond acceptors (Lipinski definition) is 7. The number of carboxylic acids is 1. The average Bonchev–Trinajstić information content (AvgIpc) is 2.88. The summed E-state index contributed by atoms with van der Waals surface area (Å²) in [6.45, 7) is 4.72. The zero-order chi connectivity index (χ0) is 29.4. The van der Waals surface area contributed by atoms with Crippen molar-refractivity contribution in [1.82, 2.24) is 9.97 Å². The Morgan fingerprint density at radius 1 is 1.12 bits per heavy atom. The molecule has 0 spiro atoms. The third-order valence-corrected chi connectivity index (χ3v) is 7.95. The molecule has 0 radical (unpaired) electrons. The molecule has 0 aliphatic carbocycles. The summed E-state index contributed by atoms with van der Waals surface area (Å²) >= 11 is 0. The number of aromatic carboxylic acids is 1. The largest absolute Gasteiger partial charge is 0.478 e. The molecule has 2 aromatic carbocycles. The monoisotopic (exact) mass is 580 g/mol. The maximum Gasteiger partial charge on any atom is 0.433 e. The van der Waals surface area contributed by atoms with Crippen molar-refractivity contribution >= 4 is 27.4 Å². The fourth-order valence-electron chi connectivity index (χ4n) is 4.73. The summed E-state index contributed by atoms with van der Waals surface area (Å²) in [6, 6.07) is 9.08. The van der Waals surface area contributed by atoms with Crippen molar-refractivity contribution in [3.8, 4) is 0 Å². The van der Waals surface area contributed by atoms with E-state index in [1.807, 2.05) is 18.7 Å². The highest BCUT2D eigenvalue weighted by Gasteiger charge is 2.38. The van der Waals surface area contributed by atoms with E-state index in [4.69, 9.17) is 5.11 Å². The lowest BCUT2D eigenvalue weighted by Gasteiger charge is -2.44. The smallest absolute Gasteiger partial charge is 0.433 e. The number of carboxylic acid groups (broad SMARTS) is 1. The van der Waals surface area contributed by atoms with Gasteiger partial charge in [-0.25, -0.2) is 27.6 Å². The Bertz CT molecular complexity index is 1510. The van der Waals surface area contributed by atoms with E-state index in [1.165, 1.54) is 36.4 Å². The van der Waals surface area contributed by atoms with Gasteiger partial charge in [-0.2, -0.15) is 13.2 Å². The van der Waals surface area contributed by atoms with Crippen LogP contribution in [0.4, 0.5) is 29.2 Å². The van der Waals surface area contributed by atoms with Crippen molar-refractivity contribution < 1.29 is 35.9 Å². The predicted molar refractivity (Wildman–Crippen MR) is 141 cm³/mol. The van der Waals surface area contributed by atoms with Crippen LogP contribution in [0, 0.1) is 11.7 Å². The van der Waals surface area contributed by atoms with Crippen molar-refractivity contribution in [2.75, 3.05) is 35.7 Å². The molecule has 0 bridgehead atoms. The SMILES string of the molecule is CC(C)C1CN(c2ccc(F)c(S(C)(=O)=O)c2)CCN1c1ncc(Cc2ccc(C(=O)O)cc2)c(C(F)(F)F)n1. The van der Waals surface area contributed by atoms with Gasteiger partial charge >= 0.3 is 12.1 Å². The van der Waals surface area contributed by atoms with Crippen LogP contribution in [0.15, 0.2) is 53.6 Å². The summed E-state index contributed by atoms with van der Waals surface area (Å²) in [5.74, 6) is -2.10. The van der Waals surface area contributed by atoms with E-state index in [0.29, 0.717) is 24.3 Å². The lowest BCUT2D eigenvalue weighted by atomic mass is 9.99. The number of piperazine rings is 1. The van der Waals surface area contributed by atoms with Gasteiger partial charge in [0.1, 0.15) is 10.7 Å². The Morgan fingerprint density at radius 3 is 2.38 bits per heavy atom. The predicted octanol–water partition coefficient (Wildman–Crippen LogP) is 4.68. The van der Waals surface area contributed by atoms with Crippen LogP contribution in [0.3, 0.4) is 0 Å². The number of alkyl halides is 3. The number of aromatic nitrogens is 2. The van der Waals surface area contributed by atoms with Gasteiger partial charge in [0.25, 0.3) is 0 Å². The number of hydrogen-bond donors (Lipinski definition) is 1. The topological polar surface area (TPSA) is 104 Å². The van der Waals surface area contributed by atoms with E-state index < -0.39 is 38.4 Å². The first-order valence-corrected chi connectivity index (χ1v) is 14.3. The summed E-state index contributed by atoms with van der Waals surface area (Å²) in [5.41, 5.74) is -0.209. The van der Waals surface area contributed by atoms with Crippen LogP contribution in [0.1, 0.15) is 41.0 Å². The molecule has 0 amide bonds. The Kier molecular flexibility index (Phi) is 8.06. The van der Waals surface area contributed by atoms with Gasteiger partial charge in [0.2, 0.25) is 5.95 Å². The summed E-state index contributed by atoms with van der Waals surface area (Å²) in [7, 11) is -3.79. The molecule has 40 heavy (non-hydrogen) atoms. The Morgan fingerprint density at radius 2 is 1.80 bits per heavy atom. The number of nitrogens with zero attached hydrogens (tertiary/aromatic N) is 4. The number of carbonyl (C=O) groups is 1. The van der Waals surface area contributed by atoms with E-state index in [0.717, 1.165) is 18.5 Å². The van der Waals surface area contributed by atoms with Crippen molar-refractivity contribution in [2.45, 2.75) is 37.4 Å². The van der Waals surface area contributed by atoms with E-state index in [1.54, 1.807) is 4.90 Å². The van der Waals surface area contributed by atoms with E-state index in [9.17, 15) is 30.8 Å². The fourth-order valence-corrected chi connectivity index (χ4v) is 5.49. The highest BCUT2D eigenvalue weighted by atomic mass is 32.2. The van der Waals surface area contributed by atoms with Crippen LogP contribution in [0.5, 0.6) is 0 Å². The molecular formula is C27H28F4N4O4S. The van der Waals surface area contributed by atoms with E-state index in [-0.39, 0.29) is 42.0 Å². The first-order chi connectivity index (χ1) is 18.6. The summed E-state index contributed by atoms with van der Waals surface area (Å²) in [5, 5.41) is 9.05. The Balaban J connectivity index is 1.63. The molecule has 3 aromatic rings. The van der Waals surface area contributed by atoms with E-state index in [2.05, 4.69) is 9.97 Å². The van der Waals surface area contributed by atoms with Gasteiger partial charge in [-0.05, 0) is 41.8 Å². The molecule has 4 rings (SSSR count). The summed E-state index contributed by atoms with van der Waals surface area (Å²) in [4.78, 5) is 22.5. The summed E-state index contributed by atoms with van der Waals surface area (Å²) < 4.78 is 80.4. The number of benzene rings is 2. The number of rotatable bonds is 7. The Hall–Kier alpha value is -3.74. The molecule has 1 unspecified atom stereocenters. The van der Waals surface area contributed by atoms with Crippen LogP contribution in [-0.4, -0.2) is 61.4 Å². The molecule has 1 atom stereocenters. The van der Waals surface area contributed by atoms with Crippen molar-refractivity contribution in [3.63, 3.8) is 0 Å². The number of halogens is 4. The molecule has 214 valence electrons. The lowest BCUT2D eigenvalue weighted by Crippen LogP contribution is -2.56. The van der Waals surface area contributed by atoms with Crippen LogP contribution < -0.4 is 9.80 Å². The second-order valence-electron chi connectivity index (χ2n) is 10.1. The molecule has 13 heteroatoms. The average molecular weight is 581 g/mol. The van der Waals surface area contributed by atoms with Gasteiger partial charge in [0.15, 0.2) is 15.5 Å². The molecule has 2 heterocycles. The number of sulfone groups is 1. The number of anilines is 2. The summed E-state index contributed by atoms with van der Waals surface area (Å²) in [6.07, 6.45) is -2.81. The van der Waals surface area contributed by atoms with Crippen LogP contribution in [-0.2, 0) is 22.4 Å². The highest BCUT2D eigenvalue weighted by Crippen LogP contribution is 2.34. The Labute approximate surface area is 229 Å². The minimum absolute atomic E-state index is 0.0263. The molecule has 0 saturated carbocycles. The van der Waals surface area contributed by atoms with E-state index >= 15 is 0 Å². The van der Waals surface area contributed by atoms with Gasteiger partial charge in [-0.3, -0.25) is 0 Å². The van der Waals surface area contributed by atoms with Crippen molar-refractivity contribution in [3.05, 3.63) is 76.9 Å². The van der Waals surface area contributed by atoms with Crippen molar-refractivity contribution in [2.24, 2.45) is 5.92 Å². The molecule has 1 aromatic heterocycles.